The molecule has 0 saturated heterocycles. The number of allylic oxidation sites excluding steroid dienone is 2. The number of benzene rings is 4. The maximum absolute atomic E-state index is 10.3. The van der Waals surface area contributed by atoms with Gasteiger partial charge in [-0.1, -0.05) is 60.7 Å². The van der Waals surface area contributed by atoms with Crippen LogP contribution in [0.3, 0.4) is 0 Å². The van der Waals surface area contributed by atoms with Crippen molar-refractivity contribution < 1.29 is 30.6 Å². The van der Waals surface area contributed by atoms with E-state index in [2.05, 4.69) is 87.6 Å². The third kappa shape index (κ3) is 6.73. The summed E-state index contributed by atoms with van der Waals surface area (Å²) in [5.74, 6) is 0.144. The molecule has 38 heavy (non-hydrogen) atoms. The molecule has 0 N–H and O–H groups in total. The summed E-state index contributed by atoms with van der Waals surface area (Å²) >= 11 is -1.76. The molecule has 0 aromatic heterocycles. The Labute approximate surface area is 235 Å². The van der Waals surface area contributed by atoms with Gasteiger partial charge in [-0.15, -0.1) is 11.5 Å². The summed E-state index contributed by atoms with van der Waals surface area (Å²) in [4.78, 5) is 0. The van der Waals surface area contributed by atoms with Crippen molar-refractivity contribution in [1.29, 1.82) is 0 Å². The fraction of sp³-hybridized carbons (Fsp3) is 0.176. The van der Waals surface area contributed by atoms with Crippen LogP contribution in [0.1, 0.15) is 43.4 Å². The quantitative estimate of drug-likeness (QED) is 0.224. The number of fused-ring (bicyclic) bond motifs is 2. The van der Waals surface area contributed by atoms with Crippen LogP contribution in [-0.4, -0.2) is 5.43 Å². The Hall–Kier alpha value is -2.94. The van der Waals surface area contributed by atoms with Crippen LogP contribution < -0.4 is 10.2 Å². The Kier molecular flexibility index (Phi) is 9.77. The molecule has 4 aromatic rings. The molecule has 2 aliphatic carbocycles. The molecule has 6 rings (SSSR count). The molecule has 0 heterocycles. The Bertz CT molecular complexity index is 1360. The van der Waals surface area contributed by atoms with Crippen LogP contribution in [0.4, 0.5) is 0 Å². The molecule has 0 bridgehead atoms. The van der Waals surface area contributed by atoms with Gasteiger partial charge in [0.15, 0.2) is 0 Å². The summed E-state index contributed by atoms with van der Waals surface area (Å²) < 4.78 is 1.54. The first-order chi connectivity index (χ1) is 18.4. The molecule has 0 spiro atoms. The fourth-order valence-electron chi connectivity index (χ4n) is 5.37. The molecule has 2 atom stereocenters. The second-order valence-corrected chi connectivity index (χ2v) is 27.8. The minimum atomic E-state index is -1.76. The zero-order chi connectivity index (χ0) is 27.1. The topological polar surface area (TPSA) is 46.1 Å². The normalized spacial score (nSPS) is 16.2. The first kappa shape index (κ1) is 28.1. The minimum absolute atomic E-state index is 0.0718. The van der Waals surface area contributed by atoms with Gasteiger partial charge in [0, 0.05) is 0 Å². The van der Waals surface area contributed by atoms with Crippen LogP contribution in [0, 0.1) is 0 Å². The summed E-state index contributed by atoms with van der Waals surface area (Å²) in [6, 6.07) is 34.9. The molecule has 4 heteroatoms. The van der Waals surface area contributed by atoms with E-state index in [0.717, 1.165) is 7.25 Å². The van der Waals surface area contributed by atoms with Gasteiger partial charge in [-0.2, -0.15) is 0 Å². The van der Waals surface area contributed by atoms with E-state index in [9.17, 15) is 10.2 Å². The van der Waals surface area contributed by atoms with Crippen molar-refractivity contribution in [3.63, 3.8) is 0 Å². The summed E-state index contributed by atoms with van der Waals surface area (Å²) in [5.41, 5.74) is 9.22. The second kappa shape index (κ2) is 13.2. The Morgan fingerprint density at radius 1 is 0.526 bits per heavy atom. The van der Waals surface area contributed by atoms with Crippen molar-refractivity contribution in [1.82, 2.24) is 0 Å². The maximum Gasteiger partial charge on any atom is -0.0623 e. The number of para-hydroxylation sites is 2. The Morgan fingerprint density at radius 3 is 1.18 bits per heavy atom. The zero-order valence-electron chi connectivity index (χ0n) is 22.5. The molecule has 0 fully saturated rings. The zero-order valence-corrected chi connectivity index (χ0v) is 26.0. The second-order valence-electron chi connectivity index (χ2n) is 9.98. The predicted octanol–water partition coefficient (Wildman–Crippen LogP) is 7.69. The number of hydrogen-bond donors (Lipinski definition) is 0. The monoisotopic (exact) mass is 592 g/mol. The van der Waals surface area contributed by atoms with Crippen molar-refractivity contribution in [2.24, 2.45) is 0 Å². The molecule has 0 amide bonds. The van der Waals surface area contributed by atoms with Gasteiger partial charge in [-0.25, -0.2) is 0 Å². The summed E-state index contributed by atoms with van der Waals surface area (Å²) in [6.07, 6.45) is 4.93. The summed E-state index contributed by atoms with van der Waals surface area (Å²) in [6.45, 7) is 9.94. The van der Waals surface area contributed by atoms with Crippen LogP contribution in [0.15, 0.2) is 120 Å². The van der Waals surface area contributed by atoms with Crippen molar-refractivity contribution in [3.05, 3.63) is 143 Å². The molecule has 0 radical (unpaired) electrons. The first-order valence-corrected chi connectivity index (χ1v) is 22.0. The maximum atomic E-state index is 10.3. The average Bonchev–Trinajstić information content (AvgIpc) is 3.42. The van der Waals surface area contributed by atoms with E-state index in [4.69, 9.17) is 0 Å². The molecule has 4 aromatic carbocycles. The van der Waals surface area contributed by atoms with Gasteiger partial charge in [0.05, 0.1) is 0 Å². The van der Waals surface area contributed by atoms with Crippen molar-refractivity contribution >= 4 is 17.6 Å². The van der Waals surface area contributed by atoms with E-state index in [0.29, 0.717) is 0 Å². The van der Waals surface area contributed by atoms with Gasteiger partial charge in [0.2, 0.25) is 0 Å². The van der Waals surface area contributed by atoms with E-state index in [-0.39, 0.29) is 16.9 Å². The van der Waals surface area contributed by atoms with E-state index >= 15 is 0 Å². The Morgan fingerprint density at radius 2 is 0.868 bits per heavy atom. The third-order valence-corrected chi connectivity index (χ3v) is 26.9. The van der Waals surface area contributed by atoms with E-state index in [1.807, 2.05) is 12.1 Å². The standard InChI is InChI=1S/2C10H9.2C6H6O.C2H6Si.Zr/c2*1-8-6-9-4-2-3-5-10(9)7-8;2*7-6-4-2-1-3-5-6;1-3-2;/h2*2-7H,1H3;2*1-5,7H;1-2H3;/q;;;;;+2/p-2. The van der Waals surface area contributed by atoms with Crippen molar-refractivity contribution in [2.75, 3.05) is 0 Å². The third-order valence-electron chi connectivity index (χ3n) is 6.98. The molecule has 0 saturated carbocycles. The van der Waals surface area contributed by atoms with Crippen LogP contribution in [0.2, 0.25) is 13.1 Å². The van der Waals surface area contributed by atoms with Crippen LogP contribution in [0.25, 0.3) is 12.2 Å². The van der Waals surface area contributed by atoms with Crippen LogP contribution in [-0.2, 0) is 20.4 Å². The smallest absolute Gasteiger partial charge is 0.0623 e. The molecule has 190 valence electrons. The molecule has 2 unspecified atom stereocenters. The van der Waals surface area contributed by atoms with Crippen LogP contribution in [0.5, 0.6) is 11.5 Å². The average molecular weight is 594 g/mol. The predicted molar refractivity (Wildman–Crippen MR) is 155 cm³/mol. The molecule has 2 aliphatic rings. The van der Waals surface area contributed by atoms with E-state index in [1.165, 1.54) is 35.4 Å². The van der Waals surface area contributed by atoms with Gasteiger partial charge >= 0.3 is 154 Å². The van der Waals surface area contributed by atoms with Gasteiger partial charge in [0.1, 0.15) is 0 Å². The van der Waals surface area contributed by atoms with Gasteiger partial charge in [0.25, 0.3) is 0 Å². The van der Waals surface area contributed by atoms with Crippen LogP contribution >= 0.6 is 0 Å². The summed E-state index contributed by atoms with van der Waals surface area (Å²) in [5, 5.41) is 20.5. The molecule has 2 nitrogen and oxygen atoms in total. The van der Waals surface area contributed by atoms with Crippen molar-refractivity contribution in [2.45, 2.75) is 34.2 Å². The van der Waals surface area contributed by atoms with Gasteiger partial charge < -0.3 is 10.2 Å². The van der Waals surface area contributed by atoms with E-state index < -0.39 is 20.4 Å². The largest absolute Gasteiger partial charge is 0.872 e. The first-order valence-electron chi connectivity index (χ1n) is 13.0. The Balaban J connectivity index is 0.000000195. The number of rotatable bonds is 2. The van der Waals surface area contributed by atoms with E-state index in [1.54, 1.807) is 46.5 Å². The van der Waals surface area contributed by atoms with Crippen molar-refractivity contribution in [3.8, 4) is 11.5 Å². The van der Waals surface area contributed by atoms with Gasteiger partial charge in [-0.05, 0) is 0 Å². The number of hydrogen-bond acceptors (Lipinski definition) is 2. The van der Waals surface area contributed by atoms with Gasteiger partial charge in [-0.3, -0.25) is 0 Å². The molecular weight excluding hydrogens is 560 g/mol. The minimum Gasteiger partial charge on any atom is -0.872 e. The fourth-order valence-corrected chi connectivity index (χ4v) is 26.2. The molecule has 0 aliphatic heterocycles. The SMILES string of the molecule is CC1=Cc2ccccc2[CH]1[Zr+2]([CH]1C(C)=Cc2ccccc21)=[Si](C)C.[O-]c1ccccc1.[O-]c1ccccc1. The summed E-state index contributed by atoms with van der Waals surface area (Å²) in [7, 11) is 0. The molecular formula is C34H34O2SiZr.